The number of ether oxygens (including phenoxy) is 1. The molecule has 0 spiro atoms. The van der Waals surface area contributed by atoms with E-state index in [1.54, 1.807) is 0 Å². The highest BCUT2D eigenvalue weighted by Crippen LogP contribution is 2.13. The summed E-state index contributed by atoms with van der Waals surface area (Å²) in [7, 11) is 0. The zero-order valence-electron chi connectivity index (χ0n) is 8.44. The van der Waals surface area contributed by atoms with E-state index in [2.05, 4.69) is 6.92 Å². The van der Waals surface area contributed by atoms with Gasteiger partial charge < -0.3 is 15.6 Å². The lowest BCUT2D eigenvalue weighted by molar-refractivity contribution is 0.114. The minimum absolute atomic E-state index is 0.230. The van der Waals surface area contributed by atoms with Crippen molar-refractivity contribution >= 4 is 0 Å². The normalized spacial score (nSPS) is 12.5. The highest BCUT2D eigenvalue weighted by atomic mass is 16.5. The second kappa shape index (κ2) is 5.62. The van der Waals surface area contributed by atoms with Crippen molar-refractivity contribution in [3.8, 4) is 5.75 Å². The van der Waals surface area contributed by atoms with Crippen molar-refractivity contribution in [2.75, 3.05) is 13.2 Å². The molecule has 78 valence electrons. The van der Waals surface area contributed by atoms with Gasteiger partial charge in [-0.1, -0.05) is 19.1 Å². The average molecular weight is 195 g/mol. The Labute approximate surface area is 84.5 Å². The summed E-state index contributed by atoms with van der Waals surface area (Å²) < 4.78 is 5.37. The van der Waals surface area contributed by atoms with E-state index in [0.29, 0.717) is 0 Å². The number of benzene rings is 1. The van der Waals surface area contributed by atoms with Gasteiger partial charge in [0, 0.05) is 6.54 Å². The van der Waals surface area contributed by atoms with Crippen molar-refractivity contribution in [2.24, 2.45) is 5.73 Å². The van der Waals surface area contributed by atoms with Gasteiger partial charge in [-0.2, -0.15) is 0 Å². The van der Waals surface area contributed by atoms with Crippen molar-refractivity contribution in [1.29, 1.82) is 0 Å². The number of nitrogens with two attached hydrogens (primary N) is 1. The van der Waals surface area contributed by atoms with Crippen molar-refractivity contribution in [2.45, 2.75) is 19.4 Å². The summed E-state index contributed by atoms with van der Waals surface area (Å²) in [6, 6.07) is 7.85. The summed E-state index contributed by atoms with van der Waals surface area (Å²) in [5, 5.41) is 9.20. The van der Waals surface area contributed by atoms with Gasteiger partial charge in [0.25, 0.3) is 0 Å². The highest BCUT2D eigenvalue weighted by Gasteiger charge is 2.02. The fourth-order valence-corrected chi connectivity index (χ4v) is 1.12. The molecule has 0 aromatic heterocycles. The monoisotopic (exact) mass is 195 g/mol. The third kappa shape index (κ3) is 3.36. The first-order valence-corrected chi connectivity index (χ1v) is 4.86. The molecular weight excluding hydrogens is 178 g/mol. The summed E-state index contributed by atoms with van der Waals surface area (Å²) >= 11 is 0. The van der Waals surface area contributed by atoms with Crippen LogP contribution < -0.4 is 10.5 Å². The van der Waals surface area contributed by atoms with Crippen LogP contribution in [0, 0.1) is 0 Å². The molecule has 1 aromatic rings. The predicted octanol–water partition coefficient (Wildman–Crippen LogP) is 0.947. The predicted molar refractivity (Wildman–Crippen MR) is 56.4 cm³/mol. The van der Waals surface area contributed by atoms with Gasteiger partial charge >= 0.3 is 0 Å². The van der Waals surface area contributed by atoms with Gasteiger partial charge in [-0.3, -0.25) is 0 Å². The van der Waals surface area contributed by atoms with Gasteiger partial charge in [0.15, 0.2) is 0 Å². The Bertz CT molecular complexity index is 276. The third-order valence-electron chi connectivity index (χ3n) is 2.02. The van der Waals surface area contributed by atoms with Crippen LogP contribution in [0.3, 0.4) is 0 Å². The fraction of sp³-hybridized carbons (Fsp3) is 0.455. The van der Waals surface area contributed by atoms with E-state index in [0.717, 1.165) is 12.2 Å². The molecule has 0 unspecified atom stereocenters. The van der Waals surface area contributed by atoms with E-state index in [4.69, 9.17) is 10.5 Å². The lowest BCUT2D eigenvalue weighted by Crippen LogP contribution is -2.26. The molecule has 0 saturated heterocycles. The zero-order chi connectivity index (χ0) is 10.4. The number of aliphatic hydroxyl groups is 1. The minimum Gasteiger partial charge on any atom is -0.491 e. The maximum absolute atomic E-state index is 9.20. The lowest BCUT2D eigenvalue weighted by atomic mass is 10.2. The molecule has 0 saturated carbocycles. The van der Waals surface area contributed by atoms with Gasteiger partial charge in [0.05, 0.1) is 0 Å². The lowest BCUT2D eigenvalue weighted by Gasteiger charge is -2.10. The van der Waals surface area contributed by atoms with Crippen LogP contribution in [-0.2, 0) is 6.42 Å². The molecule has 0 aliphatic rings. The third-order valence-corrected chi connectivity index (χ3v) is 2.02. The molecule has 0 amide bonds. The first-order valence-electron chi connectivity index (χ1n) is 4.86. The van der Waals surface area contributed by atoms with Gasteiger partial charge in [0.2, 0.25) is 0 Å². The highest BCUT2D eigenvalue weighted by molar-refractivity contribution is 5.28. The van der Waals surface area contributed by atoms with Gasteiger partial charge in [0.1, 0.15) is 18.5 Å². The molecule has 0 radical (unpaired) electrons. The fourth-order valence-electron chi connectivity index (χ4n) is 1.12. The summed E-state index contributed by atoms with van der Waals surface area (Å²) in [4.78, 5) is 0. The van der Waals surface area contributed by atoms with E-state index in [1.165, 1.54) is 5.56 Å². The van der Waals surface area contributed by atoms with Crippen LogP contribution in [0.2, 0.25) is 0 Å². The first-order chi connectivity index (χ1) is 6.76. The molecule has 0 aliphatic carbocycles. The topological polar surface area (TPSA) is 55.5 Å². The summed E-state index contributed by atoms with van der Waals surface area (Å²) in [6.45, 7) is 2.57. The molecule has 14 heavy (non-hydrogen) atoms. The van der Waals surface area contributed by atoms with E-state index >= 15 is 0 Å². The number of aliphatic hydroxyl groups excluding tert-OH is 1. The van der Waals surface area contributed by atoms with E-state index in [1.807, 2.05) is 24.3 Å². The standard InChI is InChI=1S/C11H17NO2/c1-2-9-4-3-5-11(6-9)14-8-10(13)7-12/h3-6,10,13H,2,7-8,12H2,1H3/t10-/m1/s1. The largest absolute Gasteiger partial charge is 0.491 e. The van der Waals surface area contributed by atoms with Crippen molar-refractivity contribution in [1.82, 2.24) is 0 Å². The van der Waals surface area contributed by atoms with Crippen LogP contribution >= 0.6 is 0 Å². The molecule has 1 atom stereocenters. The maximum Gasteiger partial charge on any atom is 0.119 e. The maximum atomic E-state index is 9.20. The quantitative estimate of drug-likeness (QED) is 0.735. The number of hydrogen-bond acceptors (Lipinski definition) is 3. The summed E-state index contributed by atoms with van der Waals surface area (Å²) in [5.41, 5.74) is 6.49. The molecule has 1 rings (SSSR count). The average Bonchev–Trinajstić information content (AvgIpc) is 2.26. The first kappa shape index (κ1) is 11.0. The molecular formula is C11H17NO2. The SMILES string of the molecule is CCc1cccc(OC[C@H](O)CN)c1. The number of aryl methyl sites for hydroxylation is 1. The minimum atomic E-state index is -0.583. The van der Waals surface area contributed by atoms with Gasteiger partial charge in [-0.25, -0.2) is 0 Å². The van der Waals surface area contributed by atoms with Crippen molar-refractivity contribution in [3.05, 3.63) is 29.8 Å². The van der Waals surface area contributed by atoms with Crippen LogP contribution in [0.1, 0.15) is 12.5 Å². The van der Waals surface area contributed by atoms with Crippen molar-refractivity contribution < 1.29 is 9.84 Å². The molecule has 3 N–H and O–H groups in total. The van der Waals surface area contributed by atoms with Crippen LogP contribution in [0.15, 0.2) is 24.3 Å². The van der Waals surface area contributed by atoms with E-state index in [-0.39, 0.29) is 13.2 Å². The van der Waals surface area contributed by atoms with Gasteiger partial charge in [-0.15, -0.1) is 0 Å². The van der Waals surface area contributed by atoms with Gasteiger partial charge in [-0.05, 0) is 24.1 Å². The van der Waals surface area contributed by atoms with Crippen molar-refractivity contribution in [3.63, 3.8) is 0 Å². The molecule has 0 bridgehead atoms. The molecule has 3 nitrogen and oxygen atoms in total. The number of rotatable bonds is 5. The van der Waals surface area contributed by atoms with Crippen LogP contribution in [0.5, 0.6) is 5.75 Å². The Hall–Kier alpha value is -1.06. The molecule has 3 heteroatoms. The second-order valence-electron chi connectivity index (χ2n) is 3.20. The molecule has 0 heterocycles. The Balaban J connectivity index is 2.50. The molecule has 1 aromatic carbocycles. The Kier molecular flexibility index (Phi) is 4.43. The Morgan fingerprint density at radius 3 is 2.93 bits per heavy atom. The van der Waals surface area contributed by atoms with E-state index in [9.17, 15) is 5.11 Å². The summed E-state index contributed by atoms with van der Waals surface area (Å²) in [5.74, 6) is 0.789. The van der Waals surface area contributed by atoms with Crippen LogP contribution in [-0.4, -0.2) is 24.4 Å². The zero-order valence-corrected chi connectivity index (χ0v) is 8.44. The van der Waals surface area contributed by atoms with E-state index < -0.39 is 6.10 Å². The smallest absolute Gasteiger partial charge is 0.119 e. The number of hydrogen-bond donors (Lipinski definition) is 2. The Morgan fingerprint density at radius 1 is 1.50 bits per heavy atom. The van der Waals surface area contributed by atoms with Crippen LogP contribution in [0.25, 0.3) is 0 Å². The van der Waals surface area contributed by atoms with Crippen LogP contribution in [0.4, 0.5) is 0 Å². The second-order valence-corrected chi connectivity index (χ2v) is 3.20. The summed E-state index contributed by atoms with van der Waals surface area (Å²) in [6.07, 6.45) is 0.400. The Morgan fingerprint density at radius 2 is 2.29 bits per heavy atom. The molecule has 0 aliphatic heterocycles. The molecule has 0 fully saturated rings.